The van der Waals surface area contributed by atoms with Crippen LogP contribution in [-0.4, -0.2) is 32.7 Å². The Morgan fingerprint density at radius 2 is 1.85 bits per heavy atom. The van der Waals surface area contributed by atoms with Crippen LogP contribution in [-0.2, 0) is 4.79 Å². The van der Waals surface area contributed by atoms with Crippen LogP contribution in [0, 0.1) is 6.92 Å². The highest BCUT2D eigenvalue weighted by molar-refractivity contribution is 6.31. The van der Waals surface area contributed by atoms with Gasteiger partial charge < -0.3 is 20.3 Å². The first kappa shape index (κ1) is 19.9. The van der Waals surface area contributed by atoms with Gasteiger partial charge >= 0.3 is 0 Å². The predicted molar refractivity (Wildman–Crippen MR) is 110 cm³/mol. The number of rotatable bonds is 8. The molecule has 2 rings (SSSR count). The first-order valence-electron chi connectivity index (χ1n) is 8.71. The Morgan fingerprint density at radius 3 is 2.46 bits per heavy atom. The summed E-state index contributed by atoms with van der Waals surface area (Å²) in [6.45, 7) is 8.40. The summed E-state index contributed by atoms with van der Waals surface area (Å²) in [6.07, 6.45) is 0. The zero-order valence-electron chi connectivity index (χ0n) is 15.7. The fraction of sp³-hybridized carbons (Fsp3) is 0.350. The van der Waals surface area contributed by atoms with Crippen LogP contribution in [0.15, 0.2) is 36.4 Å². The molecule has 0 aliphatic heterocycles. The number of hydrogen-bond donors (Lipinski definition) is 2. The summed E-state index contributed by atoms with van der Waals surface area (Å²) in [5.74, 6) is 0.403. The number of benzene rings is 2. The van der Waals surface area contributed by atoms with Gasteiger partial charge in [0.1, 0.15) is 5.75 Å². The van der Waals surface area contributed by atoms with E-state index < -0.39 is 0 Å². The first-order chi connectivity index (χ1) is 12.5. The number of aryl methyl sites for hydroxylation is 1. The molecule has 6 heteroatoms. The van der Waals surface area contributed by atoms with Gasteiger partial charge in [-0.1, -0.05) is 11.6 Å². The maximum Gasteiger partial charge on any atom is 0.243 e. The molecular formula is C20H26ClN3O2. The molecule has 0 heterocycles. The number of ether oxygens (including phenoxy) is 1. The van der Waals surface area contributed by atoms with Gasteiger partial charge in [-0.2, -0.15) is 0 Å². The van der Waals surface area contributed by atoms with Crippen molar-refractivity contribution in [2.24, 2.45) is 0 Å². The molecule has 2 aromatic carbocycles. The first-order valence-corrected chi connectivity index (χ1v) is 9.09. The summed E-state index contributed by atoms with van der Waals surface area (Å²) in [5.41, 5.74) is 3.78. The van der Waals surface area contributed by atoms with Gasteiger partial charge in [0.2, 0.25) is 5.91 Å². The monoisotopic (exact) mass is 375 g/mol. The van der Waals surface area contributed by atoms with Gasteiger partial charge in [0.15, 0.2) is 0 Å². The molecule has 0 aliphatic carbocycles. The summed E-state index contributed by atoms with van der Waals surface area (Å²) in [6, 6.07) is 11.3. The number of nitrogens with zero attached hydrogens (tertiary/aromatic N) is 1. The maximum absolute atomic E-state index is 12.3. The molecule has 0 bridgehead atoms. The topological polar surface area (TPSA) is 53.6 Å². The highest BCUT2D eigenvalue weighted by Gasteiger charge is 2.10. The van der Waals surface area contributed by atoms with E-state index in [1.165, 1.54) is 5.69 Å². The van der Waals surface area contributed by atoms with Crippen LogP contribution in [0.1, 0.15) is 19.4 Å². The normalized spacial score (nSPS) is 10.3. The highest BCUT2D eigenvalue weighted by atomic mass is 35.5. The van der Waals surface area contributed by atoms with Crippen molar-refractivity contribution in [3.8, 4) is 5.75 Å². The summed E-state index contributed by atoms with van der Waals surface area (Å²) in [4.78, 5) is 14.6. The van der Waals surface area contributed by atoms with E-state index >= 15 is 0 Å². The lowest BCUT2D eigenvalue weighted by atomic mass is 10.1. The molecule has 0 saturated heterocycles. The Kier molecular flexibility index (Phi) is 7.16. The van der Waals surface area contributed by atoms with Gasteiger partial charge in [-0.15, -0.1) is 0 Å². The van der Waals surface area contributed by atoms with Crippen molar-refractivity contribution in [3.05, 3.63) is 47.0 Å². The van der Waals surface area contributed by atoms with E-state index in [4.69, 9.17) is 16.3 Å². The SMILES string of the molecule is CCN(CC)c1ccc(NCC(=O)Nc2cc(Cl)ccc2OC)c(C)c1. The molecule has 0 radical (unpaired) electrons. The second-order valence-electron chi connectivity index (χ2n) is 5.92. The van der Waals surface area contributed by atoms with Crippen molar-refractivity contribution in [1.82, 2.24) is 0 Å². The third-order valence-electron chi connectivity index (χ3n) is 4.21. The molecule has 0 spiro atoms. The average Bonchev–Trinajstić information content (AvgIpc) is 2.62. The van der Waals surface area contributed by atoms with Crippen LogP contribution < -0.4 is 20.3 Å². The number of hydrogen-bond acceptors (Lipinski definition) is 4. The summed E-state index contributed by atoms with van der Waals surface area (Å²) in [5, 5.41) is 6.54. The van der Waals surface area contributed by atoms with E-state index in [0.717, 1.165) is 24.3 Å². The fourth-order valence-electron chi connectivity index (χ4n) is 2.78. The number of anilines is 3. The maximum atomic E-state index is 12.3. The molecule has 2 N–H and O–H groups in total. The summed E-state index contributed by atoms with van der Waals surface area (Å²) >= 11 is 5.99. The van der Waals surface area contributed by atoms with Crippen molar-refractivity contribution >= 4 is 34.6 Å². The Bertz CT molecular complexity index is 761. The molecule has 0 aromatic heterocycles. The van der Waals surface area contributed by atoms with Crippen molar-refractivity contribution in [2.75, 3.05) is 42.3 Å². The number of carbonyl (C=O) groups excluding carboxylic acids is 1. The third kappa shape index (κ3) is 5.05. The van der Waals surface area contributed by atoms with Crippen LogP contribution in [0.5, 0.6) is 5.75 Å². The molecule has 0 atom stereocenters. The number of amides is 1. The van der Waals surface area contributed by atoms with Gasteiger partial charge in [0, 0.05) is 29.5 Å². The second-order valence-corrected chi connectivity index (χ2v) is 6.35. The molecule has 140 valence electrons. The highest BCUT2D eigenvalue weighted by Crippen LogP contribution is 2.27. The molecule has 26 heavy (non-hydrogen) atoms. The van der Waals surface area contributed by atoms with Crippen LogP contribution >= 0.6 is 11.6 Å². The van der Waals surface area contributed by atoms with Gasteiger partial charge in [-0.3, -0.25) is 4.79 Å². The number of carbonyl (C=O) groups is 1. The van der Waals surface area contributed by atoms with Crippen molar-refractivity contribution in [2.45, 2.75) is 20.8 Å². The molecule has 0 aliphatic rings. The quantitative estimate of drug-likeness (QED) is 0.710. The minimum atomic E-state index is -0.169. The van der Waals surface area contributed by atoms with E-state index in [2.05, 4.69) is 41.5 Å². The standard InChI is InChI=1S/C20H26ClN3O2/c1-5-24(6-2)16-8-9-17(14(3)11-16)22-13-20(25)23-18-12-15(21)7-10-19(18)26-4/h7-12,22H,5-6,13H2,1-4H3,(H,23,25). The molecule has 0 saturated carbocycles. The van der Waals surface area contributed by atoms with Crippen LogP contribution in [0.25, 0.3) is 0 Å². The van der Waals surface area contributed by atoms with Gasteiger partial charge in [-0.25, -0.2) is 0 Å². The minimum absolute atomic E-state index is 0.154. The molecule has 0 fully saturated rings. The lowest BCUT2D eigenvalue weighted by molar-refractivity contribution is -0.114. The lowest BCUT2D eigenvalue weighted by Crippen LogP contribution is -2.23. The fourth-order valence-corrected chi connectivity index (χ4v) is 2.95. The van der Waals surface area contributed by atoms with Gasteiger partial charge in [0.25, 0.3) is 0 Å². The van der Waals surface area contributed by atoms with Gasteiger partial charge in [-0.05, 0) is 62.7 Å². The number of methoxy groups -OCH3 is 1. The predicted octanol–water partition coefficient (Wildman–Crippen LogP) is 4.55. The zero-order chi connectivity index (χ0) is 19.1. The molecule has 1 amide bonds. The molecule has 2 aromatic rings. The Labute approximate surface area is 160 Å². The third-order valence-corrected chi connectivity index (χ3v) is 4.45. The van der Waals surface area contributed by atoms with Gasteiger partial charge in [0.05, 0.1) is 19.3 Å². The van der Waals surface area contributed by atoms with Crippen molar-refractivity contribution in [1.29, 1.82) is 0 Å². The smallest absolute Gasteiger partial charge is 0.243 e. The van der Waals surface area contributed by atoms with E-state index in [-0.39, 0.29) is 12.5 Å². The van der Waals surface area contributed by atoms with E-state index in [1.807, 2.05) is 13.0 Å². The number of halogens is 1. The van der Waals surface area contributed by atoms with Crippen LogP contribution in [0.2, 0.25) is 5.02 Å². The van der Waals surface area contributed by atoms with Crippen molar-refractivity contribution < 1.29 is 9.53 Å². The Morgan fingerprint density at radius 1 is 1.12 bits per heavy atom. The van der Waals surface area contributed by atoms with E-state index in [1.54, 1.807) is 25.3 Å². The Balaban J connectivity index is 2.00. The summed E-state index contributed by atoms with van der Waals surface area (Å²) < 4.78 is 5.24. The Hall–Kier alpha value is -2.40. The molecular weight excluding hydrogens is 350 g/mol. The van der Waals surface area contributed by atoms with E-state index in [0.29, 0.717) is 16.5 Å². The summed E-state index contributed by atoms with van der Waals surface area (Å²) in [7, 11) is 1.55. The largest absolute Gasteiger partial charge is 0.495 e. The average molecular weight is 376 g/mol. The van der Waals surface area contributed by atoms with Crippen LogP contribution in [0.3, 0.4) is 0 Å². The van der Waals surface area contributed by atoms with Crippen LogP contribution in [0.4, 0.5) is 17.1 Å². The molecule has 0 unspecified atom stereocenters. The van der Waals surface area contributed by atoms with Crippen molar-refractivity contribution in [3.63, 3.8) is 0 Å². The lowest BCUT2D eigenvalue weighted by Gasteiger charge is -2.22. The second kappa shape index (κ2) is 9.34. The number of nitrogens with one attached hydrogen (secondary N) is 2. The molecule has 5 nitrogen and oxygen atoms in total. The minimum Gasteiger partial charge on any atom is -0.495 e. The van der Waals surface area contributed by atoms with E-state index in [9.17, 15) is 4.79 Å². The zero-order valence-corrected chi connectivity index (χ0v) is 16.5.